The molecule has 1 heterocycles. The van der Waals surface area contributed by atoms with Gasteiger partial charge in [-0.15, -0.1) is 0 Å². The Labute approximate surface area is 167 Å². The normalized spacial score (nSPS) is 12.0. The van der Waals surface area contributed by atoms with Crippen LogP contribution in [0.5, 0.6) is 0 Å². The average molecular weight is 396 g/mol. The van der Waals surface area contributed by atoms with Crippen LogP contribution in [0.15, 0.2) is 54.6 Å². The molecule has 29 heavy (non-hydrogen) atoms. The molecule has 1 N–H and O–H groups in total. The topological polar surface area (TPSA) is 90.1 Å². The van der Waals surface area contributed by atoms with E-state index in [1.165, 1.54) is 35.0 Å². The van der Waals surface area contributed by atoms with Gasteiger partial charge in [-0.3, -0.25) is 14.9 Å². The highest BCUT2D eigenvalue weighted by atomic mass is 19.1. The molecule has 1 unspecified atom stereocenters. The molecule has 1 amide bonds. The lowest BCUT2D eigenvalue weighted by molar-refractivity contribution is -0.384. The molecule has 7 nitrogen and oxygen atoms in total. The van der Waals surface area contributed by atoms with Gasteiger partial charge in [-0.1, -0.05) is 19.9 Å². The van der Waals surface area contributed by atoms with Crippen molar-refractivity contribution in [1.82, 2.24) is 15.1 Å². The summed E-state index contributed by atoms with van der Waals surface area (Å²) in [5.74, 6) is -0.501. The summed E-state index contributed by atoms with van der Waals surface area (Å²) < 4.78 is 14.6. The molecule has 2 aromatic carbocycles. The second kappa shape index (κ2) is 8.22. The van der Waals surface area contributed by atoms with Crippen LogP contribution in [0.4, 0.5) is 10.1 Å². The minimum absolute atomic E-state index is 0.0785. The lowest BCUT2D eigenvalue weighted by Crippen LogP contribution is -2.37. The molecule has 1 aromatic heterocycles. The summed E-state index contributed by atoms with van der Waals surface area (Å²) in [5, 5.41) is 18.5. The fourth-order valence-corrected chi connectivity index (χ4v) is 2.69. The molecule has 0 saturated heterocycles. The van der Waals surface area contributed by atoms with Crippen LogP contribution in [0.3, 0.4) is 0 Å². The second-order valence-electron chi connectivity index (χ2n) is 7.12. The zero-order valence-corrected chi connectivity index (χ0v) is 16.3. The number of hydrogen-bond acceptors (Lipinski definition) is 4. The van der Waals surface area contributed by atoms with E-state index in [1.807, 2.05) is 20.8 Å². The molecule has 0 spiro atoms. The Bertz CT molecular complexity index is 1040. The van der Waals surface area contributed by atoms with E-state index in [0.29, 0.717) is 16.9 Å². The third-order valence-electron chi connectivity index (χ3n) is 4.73. The molecule has 0 radical (unpaired) electrons. The van der Waals surface area contributed by atoms with Crippen molar-refractivity contribution in [2.24, 2.45) is 5.92 Å². The van der Waals surface area contributed by atoms with Gasteiger partial charge in [-0.05, 0) is 49.2 Å². The number of carbonyl (C=O) groups is 1. The number of amides is 1. The molecule has 0 aliphatic rings. The van der Waals surface area contributed by atoms with Crippen molar-refractivity contribution in [3.63, 3.8) is 0 Å². The van der Waals surface area contributed by atoms with Crippen LogP contribution in [-0.2, 0) is 0 Å². The molecular formula is C21H21FN4O3. The van der Waals surface area contributed by atoms with Crippen LogP contribution in [0.1, 0.15) is 31.3 Å². The van der Waals surface area contributed by atoms with Crippen LogP contribution in [0.2, 0.25) is 0 Å². The van der Waals surface area contributed by atoms with E-state index in [9.17, 15) is 19.3 Å². The Morgan fingerprint density at radius 2 is 1.83 bits per heavy atom. The fraction of sp³-hybridized carbons (Fsp3) is 0.238. The van der Waals surface area contributed by atoms with Crippen LogP contribution in [-0.4, -0.2) is 26.7 Å². The molecule has 3 aromatic rings. The standard InChI is InChI=1S/C21H21FN4O3/c1-13(2)14(3)23-21(27)20-12-19(15-7-9-16(22)10-8-15)24-25(20)17-5-4-6-18(11-17)26(28)29/h4-14H,1-3H3,(H,23,27). The minimum atomic E-state index is -0.505. The summed E-state index contributed by atoms with van der Waals surface area (Å²) in [7, 11) is 0. The maximum absolute atomic E-state index is 13.3. The number of nitro benzene ring substituents is 1. The molecule has 0 fully saturated rings. The quantitative estimate of drug-likeness (QED) is 0.495. The van der Waals surface area contributed by atoms with Crippen LogP contribution in [0.25, 0.3) is 16.9 Å². The number of non-ortho nitro benzene ring substituents is 1. The van der Waals surface area contributed by atoms with E-state index < -0.39 is 4.92 Å². The average Bonchev–Trinajstić information content (AvgIpc) is 3.14. The van der Waals surface area contributed by atoms with Gasteiger partial charge in [0.2, 0.25) is 0 Å². The van der Waals surface area contributed by atoms with Gasteiger partial charge in [0.05, 0.1) is 16.3 Å². The maximum Gasteiger partial charge on any atom is 0.271 e. The zero-order chi connectivity index (χ0) is 21.1. The van der Waals surface area contributed by atoms with Gasteiger partial charge in [0, 0.05) is 23.7 Å². The molecule has 150 valence electrons. The summed E-state index contributed by atoms with van der Waals surface area (Å²) in [6.07, 6.45) is 0. The molecule has 0 saturated carbocycles. The van der Waals surface area contributed by atoms with Crippen molar-refractivity contribution in [3.05, 3.63) is 76.2 Å². The van der Waals surface area contributed by atoms with Crippen LogP contribution < -0.4 is 5.32 Å². The lowest BCUT2D eigenvalue weighted by Gasteiger charge is -2.17. The smallest absolute Gasteiger partial charge is 0.271 e. The van der Waals surface area contributed by atoms with Gasteiger partial charge in [0.25, 0.3) is 11.6 Å². The number of aromatic nitrogens is 2. The highest BCUT2D eigenvalue weighted by Gasteiger charge is 2.21. The molecule has 1 atom stereocenters. The summed E-state index contributed by atoms with van der Waals surface area (Å²) >= 11 is 0. The van der Waals surface area contributed by atoms with Gasteiger partial charge >= 0.3 is 0 Å². The Morgan fingerprint density at radius 1 is 1.14 bits per heavy atom. The number of hydrogen-bond donors (Lipinski definition) is 1. The van der Waals surface area contributed by atoms with E-state index >= 15 is 0 Å². The zero-order valence-electron chi connectivity index (χ0n) is 16.3. The van der Waals surface area contributed by atoms with Crippen molar-refractivity contribution >= 4 is 11.6 Å². The van der Waals surface area contributed by atoms with Crippen LogP contribution >= 0.6 is 0 Å². The first-order chi connectivity index (χ1) is 13.8. The number of nitro groups is 1. The Balaban J connectivity index is 2.09. The second-order valence-corrected chi connectivity index (χ2v) is 7.12. The van der Waals surface area contributed by atoms with Crippen molar-refractivity contribution < 1.29 is 14.1 Å². The predicted octanol–water partition coefficient (Wildman–Crippen LogP) is 4.36. The molecular weight excluding hydrogens is 375 g/mol. The minimum Gasteiger partial charge on any atom is -0.348 e. The predicted molar refractivity (Wildman–Crippen MR) is 107 cm³/mol. The van der Waals surface area contributed by atoms with Gasteiger partial charge < -0.3 is 5.32 Å². The number of halogens is 1. The highest BCUT2D eigenvalue weighted by molar-refractivity contribution is 5.94. The number of rotatable bonds is 6. The molecule has 3 rings (SSSR count). The summed E-state index contributed by atoms with van der Waals surface area (Å²) in [4.78, 5) is 23.5. The Hall–Kier alpha value is -3.55. The Kier molecular flexibility index (Phi) is 5.72. The van der Waals surface area contributed by atoms with E-state index in [1.54, 1.807) is 24.3 Å². The van der Waals surface area contributed by atoms with E-state index in [-0.39, 0.29) is 35.1 Å². The first-order valence-corrected chi connectivity index (χ1v) is 9.18. The van der Waals surface area contributed by atoms with Crippen molar-refractivity contribution in [2.75, 3.05) is 0 Å². The summed E-state index contributed by atoms with van der Waals surface area (Å²) in [6, 6.07) is 13.1. The third-order valence-corrected chi connectivity index (χ3v) is 4.73. The van der Waals surface area contributed by atoms with Gasteiger partial charge in [-0.2, -0.15) is 5.10 Å². The fourth-order valence-electron chi connectivity index (χ4n) is 2.69. The van der Waals surface area contributed by atoms with E-state index in [0.717, 1.165) is 0 Å². The summed E-state index contributed by atoms with van der Waals surface area (Å²) in [6.45, 7) is 5.89. The molecule has 0 aliphatic heterocycles. The SMILES string of the molecule is CC(C)C(C)NC(=O)c1cc(-c2ccc(F)cc2)nn1-c1cccc([N+](=O)[O-])c1. The van der Waals surface area contributed by atoms with Gasteiger partial charge in [0.1, 0.15) is 11.5 Å². The van der Waals surface area contributed by atoms with Gasteiger partial charge in [-0.25, -0.2) is 9.07 Å². The molecule has 0 aliphatic carbocycles. The van der Waals surface area contributed by atoms with Crippen LogP contribution in [0, 0.1) is 21.8 Å². The maximum atomic E-state index is 13.3. The number of nitrogens with one attached hydrogen (secondary N) is 1. The van der Waals surface area contributed by atoms with Crippen molar-refractivity contribution in [2.45, 2.75) is 26.8 Å². The first kappa shape index (κ1) is 20.2. The van der Waals surface area contributed by atoms with Gasteiger partial charge in [0.15, 0.2) is 0 Å². The number of benzene rings is 2. The number of nitrogens with zero attached hydrogens (tertiary/aromatic N) is 3. The molecule has 8 heteroatoms. The monoisotopic (exact) mass is 396 g/mol. The summed E-state index contributed by atoms with van der Waals surface area (Å²) in [5.41, 5.74) is 1.59. The first-order valence-electron chi connectivity index (χ1n) is 9.18. The highest BCUT2D eigenvalue weighted by Crippen LogP contribution is 2.24. The lowest BCUT2D eigenvalue weighted by atomic mass is 10.1. The van der Waals surface area contributed by atoms with E-state index in [2.05, 4.69) is 10.4 Å². The Morgan fingerprint density at radius 3 is 2.45 bits per heavy atom. The third kappa shape index (κ3) is 4.48. The van der Waals surface area contributed by atoms with Crippen molar-refractivity contribution in [3.8, 4) is 16.9 Å². The molecule has 0 bridgehead atoms. The van der Waals surface area contributed by atoms with E-state index in [4.69, 9.17) is 0 Å². The number of carbonyl (C=O) groups excluding carboxylic acids is 1. The van der Waals surface area contributed by atoms with Crippen molar-refractivity contribution in [1.29, 1.82) is 0 Å². The largest absolute Gasteiger partial charge is 0.348 e.